The van der Waals surface area contributed by atoms with E-state index in [1.807, 2.05) is 12.1 Å². The molecule has 0 N–H and O–H groups in total. The van der Waals surface area contributed by atoms with Crippen molar-refractivity contribution in [3.8, 4) is 0 Å². The smallest absolute Gasteiger partial charge is 0.162 e. The van der Waals surface area contributed by atoms with Gasteiger partial charge >= 0.3 is 0 Å². The Labute approximate surface area is 67.5 Å². The zero-order chi connectivity index (χ0) is 6.81. The normalized spacial score (nSPS) is 9.09. The summed E-state index contributed by atoms with van der Waals surface area (Å²) in [6, 6.07) is 3.80. The number of pyridine rings is 1. The number of rotatable bonds is 0. The van der Waals surface area contributed by atoms with E-state index in [9.17, 15) is 0 Å². The highest BCUT2D eigenvalue weighted by Gasteiger charge is 1.89. The van der Waals surface area contributed by atoms with Crippen LogP contribution in [0.15, 0.2) is 30.9 Å². The first kappa shape index (κ1) is 8.02. The average Bonchev–Trinajstić information content (AvgIpc) is 2.05. The number of hydrogen-bond donors (Lipinski definition) is 0. The molecule has 0 aliphatic rings. The fourth-order valence-electron chi connectivity index (χ4n) is 0.820. The highest BCUT2D eigenvalue weighted by atomic mass is 31.0. The van der Waals surface area contributed by atoms with Crippen LogP contribution in [-0.2, 0) is 0 Å². The van der Waals surface area contributed by atoms with Gasteiger partial charge in [-0.1, -0.05) is 0 Å². The molecule has 0 unspecified atom stereocenters. The van der Waals surface area contributed by atoms with Crippen LogP contribution in [0, 0.1) is 0 Å². The molecule has 2 rings (SSSR count). The lowest BCUT2D eigenvalue weighted by Crippen LogP contribution is -1.82. The summed E-state index contributed by atoms with van der Waals surface area (Å²) in [5.74, 6) is 0. The Morgan fingerprint density at radius 2 is 2.09 bits per heavy atom. The third-order valence-corrected chi connectivity index (χ3v) is 1.28. The first-order chi connectivity index (χ1) is 4.97. The first-order valence-electron chi connectivity index (χ1n) is 2.97. The summed E-state index contributed by atoms with van der Waals surface area (Å²) in [6.07, 6.45) is 4.96. The second-order valence-corrected chi connectivity index (χ2v) is 1.94. The maximum absolute atomic E-state index is 4.03. The van der Waals surface area contributed by atoms with Crippen molar-refractivity contribution in [3.63, 3.8) is 0 Å². The van der Waals surface area contributed by atoms with E-state index in [-0.39, 0.29) is 9.90 Å². The van der Waals surface area contributed by atoms with Crippen LogP contribution in [0.4, 0.5) is 0 Å². The highest BCUT2D eigenvalue weighted by Crippen LogP contribution is 2.02. The van der Waals surface area contributed by atoms with Crippen molar-refractivity contribution in [2.24, 2.45) is 0 Å². The third-order valence-electron chi connectivity index (χ3n) is 1.28. The molecular weight excluding hydrogens is 157 g/mol. The van der Waals surface area contributed by atoms with Gasteiger partial charge in [0.25, 0.3) is 0 Å². The fourth-order valence-corrected chi connectivity index (χ4v) is 0.820. The molecule has 0 saturated carbocycles. The van der Waals surface area contributed by atoms with Crippen LogP contribution in [0.25, 0.3) is 11.0 Å². The molecule has 0 aliphatic heterocycles. The number of aromatic nitrogens is 3. The van der Waals surface area contributed by atoms with Crippen molar-refractivity contribution >= 4 is 20.9 Å². The Bertz CT molecular complexity index is 285. The van der Waals surface area contributed by atoms with Crippen LogP contribution in [-0.4, -0.2) is 15.0 Å². The highest BCUT2D eigenvalue weighted by molar-refractivity contribution is 6.92. The van der Waals surface area contributed by atoms with Crippen molar-refractivity contribution in [2.45, 2.75) is 0 Å². The number of hydrogen-bond acceptors (Lipinski definition) is 3. The van der Waals surface area contributed by atoms with Gasteiger partial charge in [0, 0.05) is 27.7 Å². The summed E-state index contributed by atoms with van der Waals surface area (Å²) in [6.45, 7) is 0. The number of fused-ring (bicyclic) bond motifs is 1. The van der Waals surface area contributed by atoms with Gasteiger partial charge < -0.3 is 0 Å². The van der Waals surface area contributed by atoms with Gasteiger partial charge in [0.2, 0.25) is 0 Å². The summed E-state index contributed by atoms with van der Waals surface area (Å²) in [5.41, 5.74) is 0.748. The topological polar surface area (TPSA) is 38.7 Å². The van der Waals surface area contributed by atoms with E-state index < -0.39 is 0 Å². The van der Waals surface area contributed by atoms with E-state index in [2.05, 4.69) is 15.0 Å². The predicted molar refractivity (Wildman–Crippen MR) is 44.3 cm³/mol. The minimum absolute atomic E-state index is 0. The average molecular weight is 162 g/mol. The lowest BCUT2D eigenvalue weighted by atomic mass is 10.3. The second-order valence-electron chi connectivity index (χ2n) is 1.94. The minimum Gasteiger partial charge on any atom is -0.244 e. The summed E-state index contributed by atoms with van der Waals surface area (Å²) in [4.78, 5) is 11.9. The zero-order valence-corrected chi connectivity index (χ0v) is 6.57. The van der Waals surface area contributed by atoms with Crippen LogP contribution in [0.5, 0.6) is 0 Å². The molecule has 0 bridgehead atoms. The molecule has 0 aromatic carbocycles. The first-order valence-corrected chi connectivity index (χ1v) is 2.97. The van der Waals surface area contributed by atoms with Crippen molar-refractivity contribution in [1.29, 1.82) is 0 Å². The summed E-state index contributed by atoms with van der Waals surface area (Å²) >= 11 is 0. The molecule has 3 nitrogen and oxygen atoms in total. The molecule has 2 aromatic heterocycles. The van der Waals surface area contributed by atoms with E-state index in [1.54, 1.807) is 12.4 Å². The Morgan fingerprint density at radius 3 is 2.91 bits per heavy atom. The van der Waals surface area contributed by atoms with Crippen LogP contribution >= 0.6 is 9.90 Å². The van der Waals surface area contributed by atoms with Gasteiger partial charge in [-0.15, -0.1) is 0 Å². The molecule has 0 amide bonds. The summed E-state index contributed by atoms with van der Waals surface area (Å²) < 4.78 is 0. The van der Waals surface area contributed by atoms with Gasteiger partial charge in [-0.05, 0) is 12.1 Å². The molecule has 2 heterocycles. The van der Waals surface area contributed by atoms with Gasteiger partial charge in [0.1, 0.15) is 6.33 Å². The predicted octanol–water partition coefficient (Wildman–Crippen LogP) is 1.89. The summed E-state index contributed by atoms with van der Waals surface area (Å²) in [5, 5.41) is 0.977. The fraction of sp³-hybridized carbons (Fsp3) is 0. The maximum atomic E-state index is 4.03. The largest absolute Gasteiger partial charge is 0.244 e. The molecule has 0 saturated heterocycles. The van der Waals surface area contributed by atoms with E-state index >= 15 is 0 Å². The monoisotopic (exact) mass is 162 g/mol. The Hall–Kier alpha value is -1.08. The van der Waals surface area contributed by atoms with E-state index in [0.29, 0.717) is 0 Å². The molecule has 0 fully saturated rings. The second kappa shape index (κ2) is 3.35. The van der Waals surface area contributed by atoms with E-state index in [0.717, 1.165) is 11.0 Å². The van der Waals surface area contributed by atoms with Crippen LogP contribution in [0.3, 0.4) is 0 Å². The maximum Gasteiger partial charge on any atom is 0.162 e. The summed E-state index contributed by atoms with van der Waals surface area (Å²) in [7, 11) is 0. The van der Waals surface area contributed by atoms with Crippen LogP contribution < -0.4 is 0 Å². The molecule has 3 radical (unpaired) electrons. The lowest BCUT2D eigenvalue weighted by molar-refractivity contribution is 1.18. The van der Waals surface area contributed by atoms with Gasteiger partial charge in [-0.3, -0.25) is 0 Å². The van der Waals surface area contributed by atoms with E-state index in [4.69, 9.17) is 0 Å². The minimum atomic E-state index is 0. The standard InChI is InChI=1S/C7H5N3.P/c1-2-6-4-8-5-10-7(6)9-3-1;/h1-5H;. The van der Waals surface area contributed by atoms with Crippen LogP contribution in [0.2, 0.25) is 0 Å². The quantitative estimate of drug-likeness (QED) is 0.555. The van der Waals surface area contributed by atoms with E-state index in [1.165, 1.54) is 6.33 Å². The Morgan fingerprint density at radius 1 is 1.18 bits per heavy atom. The van der Waals surface area contributed by atoms with Crippen LogP contribution in [0.1, 0.15) is 0 Å². The molecule has 11 heavy (non-hydrogen) atoms. The molecular formula is C7H5N3P. The Kier molecular flexibility index (Phi) is 2.44. The SMILES string of the molecule is [P].c1cnc2ncncc2c1. The van der Waals surface area contributed by atoms with Crippen molar-refractivity contribution in [2.75, 3.05) is 0 Å². The lowest BCUT2D eigenvalue weighted by Gasteiger charge is -1.89. The molecule has 4 heteroatoms. The molecule has 0 atom stereocenters. The Balaban J connectivity index is 0.000000605. The van der Waals surface area contributed by atoms with Crippen molar-refractivity contribution < 1.29 is 0 Å². The number of nitrogens with zero attached hydrogens (tertiary/aromatic N) is 3. The van der Waals surface area contributed by atoms with Gasteiger partial charge in [-0.25, -0.2) is 15.0 Å². The zero-order valence-electron chi connectivity index (χ0n) is 5.68. The van der Waals surface area contributed by atoms with Crippen molar-refractivity contribution in [1.82, 2.24) is 15.0 Å². The van der Waals surface area contributed by atoms with Gasteiger partial charge in [-0.2, -0.15) is 0 Å². The molecule has 53 valence electrons. The molecule has 0 aliphatic carbocycles. The van der Waals surface area contributed by atoms with Gasteiger partial charge in [0.05, 0.1) is 0 Å². The molecule has 0 spiro atoms. The molecule has 2 aromatic rings. The third kappa shape index (κ3) is 1.49. The van der Waals surface area contributed by atoms with Crippen molar-refractivity contribution in [3.05, 3.63) is 30.9 Å². The van der Waals surface area contributed by atoms with Gasteiger partial charge in [0.15, 0.2) is 5.65 Å².